The maximum absolute atomic E-state index is 13.1. The van der Waals surface area contributed by atoms with Crippen LogP contribution in [0.15, 0.2) is 78.0 Å². The van der Waals surface area contributed by atoms with Crippen LogP contribution in [0.25, 0.3) is 33.4 Å². The molecule has 5 rings (SSSR count). The maximum atomic E-state index is 13.1. The molecule has 35 heavy (non-hydrogen) atoms. The summed E-state index contributed by atoms with van der Waals surface area (Å²) < 4.78 is 11.4. The Hall–Kier alpha value is -3.93. The summed E-state index contributed by atoms with van der Waals surface area (Å²) in [4.78, 5) is 17.4. The Morgan fingerprint density at radius 3 is 2.60 bits per heavy atom. The number of para-hydroxylation sites is 1. The molecule has 5 aromatic rings. The summed E-state index contributed by atoms with van der Waals surface area (Å²) in [6.07, 6.45) is 5.04. The monoisotopic (exact) mass is 481 g/mol. The van der Waals surface area contributed by atoms with Gasteiger partial charge in [-0.05, 0) is 36.4 Å². The van der Waals surface area contributed by atoms with Crippen LogP contribution in [0.2, 0.25) is 25.7 Å². The van der Waals surface area contributed by atoms with Gasteiger partial charge in [-0.15, -0.1) is 0 Å². The fourth-order valence-electron chi connectivity index (χ4n) is 4.22. The lowest BCUT2D eigenvalue weighted by Gasteiger charge is -2.15. The standard InChI is InChI=1S/C27H27N5O2Si/c1-35(2,3)14-13-34-19-30-18-21(16-28)26-27(30)29-17-25(33)32(26)23-10-9-20-11-12-31(24(20)15-23)22-7-5-4-6-8-22/h4-12,15,17-18H,13-14,19H2,1-3H3. The van der Waals surface area contributed by atoms with Crippen molar-refractivity contribution in [2.24, 2.45) is 0 Å². The number of nitriles is 1. The van der Waals surface area contributed by atoms with E-state index in [2.05, 4.69) is 35.3 Å². The molecule has 0 fully saturated rings. The van der Waals surface area contributed by atoms with Crippen LogP contribution in [-0.4, -0.2) is 33.4 Å². The fourth-order valence-corrected chi connectivity index (χ4v) is 4.98. The Balaban J connectivity index is 1.60. The van der Waals surface area contributed by atoms with Crippen molar-refractivity contribution in [2.75, 3.05) is 6.61 Å². The van der Waals surface area contributed by atoms with Crippen LogP contribution in [0.3, 0.4) is 0 Å². The predicted molar refractivity (Wildman–Crippen MR) is 141 cm³/mol. The lowest BCUT2D eigenvalue weighted by atomic mass is 10.2. The van der Waals surface area contributed by atoms with Crippen molar-refractivity contribution in [2.45, 2.75) is 32.4 Å². The number of fused-ring (bicyclic) bond motifs is 2. The molecule has 8 heteroatoms. The minimum atomic E-state index is -1.21. The van der Waals surface area contributed by atoms with Gasteiger partial charge in [-0.25, -0.2) is 4.98 Å². The van der Waals surface area contributed by atoms with Crippen molar-refractivity contribution in [3.05, 3.63) is 89.1 Å². The minimum absolute atomic E-state index is 0.282. The van der Waals surface area contributed by atoms with Gasteiger partial charge in [-0.1, -0.05) is 43.9 Å². The first-order valence-corrected chi connectivity index (χ1v) is 15.3. The van der Waals surface area contributed by atoms with Gasteiger partial charge in [0.25, 0.3) is 5.56 Å². The van der Waals surface area contributed by atoms with E-state index < -0.39 is 8.07 Å². The lowest BCUT2D eigenvalue weighted by Crippen LogP contribution is -2.22. The molecule has 0 bridgehead atoms. The Labute approximate surface area is 204 Å². The van der Waals surface area contributed by atoms with Crippen molar-refractivity contribution < 1.29 is 4.74 Å². The fraction of sp³-hybridized carbons (Fsp3) is 0.222. The van der Waals surface area contributed by atoms with Crippen LogP contribution in [0.1, 0.15) is 5.56 Å². The average molecular weight is 482 g/mol. The zero-order valence-corrected chi connectivity index (χ0v) is 21.1. The van der Waals surface area contributed by atoms with E-state index in [1.54, 1.807) is 15.3 Å². The molecule has 0 aliphatic heterocycles. The Morgan fingerprint density at radius 2 is 1.86 bits per heavy atom. The summed E-state index contributed by atoms with van der Waals surface area (Å²) >= 11 is 0. The van der Waals surface area contributed by atoms with Crippen LogP contribution in [0.5, 0.6) is 0 Å². The molecule has 0 saturated heterocycles. The Bertz CT molecular complexity index is 1620. The van der Waals surface area contributed by atoms with Crippen molar-refractivity contribution >= 4 is 30.1 Å². The van der Waals surface area contributed by atoms with Gasteiger partial charge in [0.15, 0.2) is 5.65 Å². The van der Waals surface area contributed by atoms with E-state index in [4.69, 9.17) is 4.74 Å². The predicted octanol–water partition coefficient (Wildman–Crippen LogP) is 5.32. The third kappa shape index (κ3) is 4.44. The van der Waals surface area contributed by atoms with Gasteiger partial charge in [-0.2, -0.15) is 5.26 Å². The first-order valence-electron chi connectivity index (χ1n) is 11.6. The highest BCUT2D eigenvalue weighted by atomic mass is 28.3. The highest BCUT2D eigenvalue weighted by molar-refractivity contribution is 6.76. The minimum Gasteiger partial charge on any atom is -0.361 e. The number of hydrogen-bond donors (Lipinski definition) is 0. The quantitative estimate of drug-likeness (QED) is 0.233. The molecule has 176 valence electrons. The zero-order valence-electron chi connectivity index (χ0n) is 20.1. The molecule has 3 aromatic heterocycles. The molecule has 3 heterocycles. The molecule has 0 N–H and O–H groups in total. The molecule has 0 amide bonds. The van der Waals surface area contributed by atoms with E-state index >= 15 is 0 Å². The molecular formula is C27H27N5O2Si. The van der Waals surface area contributed by atoms with Gasteiger partial charge in [0.05, 0.1) is 23.0 Å². The van der Waals surface area contributed by atoms with Gasteiger partial charge in [0, 0.05) is 38.1 Å². The van der Waals surface area contributed by atoms with Crippen LogP contribution >= 0.6 is 0 Å². The van der Waals surface area contributed by atoms with E-state index in [9.17, 15) is 10.1 Å². The maximum Gasteiger partial charge on any atom is 0.274 e. The normalized spacial score (nSPS) is 11.8. The second kappa shape index (κ2) is 9.02. The van der Waals surface area contributed by atoms with Gasteiger partial charge in [-0.3, -0.25) is 9.36 Å². The molecule has 0 radical (unpaired) electrons. The van der Waals surface area contributed by atoms with Crippen LogP contribution in [-0.2, 0) is 11.5 Å². The first kappa shape index (κ1) is 22.8. The molecule has 2 aromatic carbocycles. The molecule has 0 atom stereocenters. The molecule has 0 spiro atoms. The van der Waals surface area contributed by atoms with Crippen molar-refractivity contribution in [1.82, 2.24) is 18.7 Å². The van der Waals surface area contributed by atoms with Gasteiger partial charge >= 0.3 is 0 Å². The molecule has 0 aliphatic rings. The van der Waals surface area contributed by atoms with Crippen molar-refractivity contribution in [3.8, 4) is 17.4 Å². The SMILES string of the molecule is C[Si](C)(C)CCOCn1cc(C#N)c2c1ncc(=O)n2-c1ccc2ccn(-c3ccccc3)c2c1. The Morgan fingerprint density at radius 1 is 1.06 bits per heavy atom. The van der Waals surface area contributed by atoms with Crippen LogP contribution in [0.4, 0.5) is 0 Å². The average Bonchev–Trinajstić information content (AvgIpc) is 3.42. The van der Waals surface area contributed by atoms with Crippen molar-refractivity contribution in [1.29, 1.82) is 5.26 Å². The highest BCUT2D eigenvalue weighted by Crippen LogP contribution is 2.26. The van der Waals surface area contributed by atoms with Crippen molar-refractivity contribution in [3.63, 3.8) is 0 Å². The number of nitrogens with zero attached hydrogens (tertiary/aromatic N) is 5. The van der Waals surface area contributed by atoms with Gasteiger partial charge < -0.3 is 13.9 Å². The van der Waals surface area contributed by atoms with Crippen LogP contribution in [0, 0.1) is 11.3 Å². The summed E-state index contributed by atoms with van der Waals surface area (Å²) in [5, 5.41) is 10.9. The highest BCUT2D eigenvalue weighted by Gasteiger charge is 2.18. The van der Waals surface area contributed by atoms with Crippen LogP contribution < -0.4 is 5.56 Å². The molecular weight excluding hydrogens is 454 g/mol. The number of rotatable bonds is 7. The van der Waals surface area contributed by atoms with E-state index in [0.29, 0.717) is 29.0 Å². The lowest BCUT2D eigenvalue weighted by molar-refractivity contribution is 0.0898. The number of aromatic nitrogens is 4. The largest absolute Gasteiger partial charge is 0.361 e. The second-order valence-electron chi connectivity index (χ2n) is 9.84. The summed E-state index contributed by atoms with van der Waals surface area (Å²) in [6.45, 7) is 7.86. The van der Waals surface area contributed by atoms with Gasteiger partial charge in [0.1, 0.15) is 18.3 Å². The number of hydrogen-bond acceptors (Lipinski definition) is 4. The van der Waals surface area contributed by atoms with E-state index in [0.717, 1.165) is 22.6 Å². The topological polar surface area (TPSA) is 77.8 Å². The van der Waals surface area contributed by atoms with E-state index in [-0.39, 0.29) is 12.3 Å². The summed E-state index contributed by atoms with van der Waals surface area (Å²) in [7, 11) is -1.21. The summed E-state index contributed by atoms with van der Waals surface area (Å²) in [5.41, 5.74) is 3.82. The van der Waals surface area contributed by atoms with E-state index in [1.165, 1.54) is 6.20 Å². The number of ether oxygens (including phenoxy) is 1. The molecule has 0 saturated carbocycles. The van der Waals surface area contributed by atoms with Gasteiger partial charge in [0.2, 0.25) is 0 Å². The third-order valence-electron chi connectivity index (χ3n) is 6.08. The third-order valence-corrected chi connectivity index (χ3v) is 7.79. The molecule has 7 nitrogen and oxygen atoms in total. The first-order chi connectivity index (χ1) is 16.9. The smallest absolute Gasteiger partial charge is 0.274 e. The Kier molecular flexibility index (Phi) is 5.89. The number of benzene rings is 2. The second-order valence-corrected chi connectivity index (χ2v) is 15.5. The summed E-state index contributed by atoms with van der Waals surface area (Å²) in [6, 6.07) is 21.3. The zero-order chi connectivity index (χ0) is 24.6. The molecule has 0 aliphatic carbocycles. The molecule has 0 unspecified atom stereocenters. The summed E-state index contributed by atoms with van der Waals surface area (Å²) in [5.74, 6) is 0. The van der Waals surface area contributed by atoms with E-state index in [1.807, 2.05) is 60.8 Å².